The molecule has 2 rings (SSSR count). The molecule has 0 aromatic carbocycles. The van der Waals surface area contributed by atoms with Gasteiger partial charge in [-0.15, -0.1) is 0 Å². The molecule has 2 unspecified atom stereocenters. The molecule has 1 aliphatic heterocycles. The first-order valence-electron chi connectivity index (χ1n) is 7.94. The summed E-state index contributed by atoms with van der Waals surface area (Å²) in [6, 6.07) is -0.00634. The van der Waals surface area contributed by atoms with E-state index >= 15 is 0 Å². The molecule has 0 aromatic heterocycles. The topological polar surface area (TPSA) is 75.9 Å². The van der Waals surface area contributed by atoms with Gasteiger partial charge in [0.15, 0.2) is 0 Å². The Morgan fingerprint density at radius 2 is 1.67 bits per heavy atom. The van der Waals surface area contributed by atoms with Crippen LogP contribution in [-0.2, 0) is 14.3 Å². The number of carbonyl (C=O) groups is 2. The highest BCUT2D eigenvalue weighted by molar-refractivity contribution is 5.81. The molecule has 1 heterocycles. The zero-order chi connectivity index (χ0) is 15.2. The van der Waals surface area contributed by atoms with E-state index in [1.54, 1.807) is 4.90 Å². The molecule has 2 amide bonds. The summed E-state index contributed by atoms with van der Waals surface area (Å²) in [6.45, 7) is 2.52. The van der Waals surface area contributed by atoms with Gasteiger partial charge in [-0.1, -0.05) is 19.3 Å². The monoisotopic (exact) mass is 297 g/mol. The smallest absolute Gasteiger partial charge is 0.248 e. The number of hydrogen-bond acceptors (Lipinski definition) is 4. The van der Waals surface area contributed by atoms with Crippen molar-refractivity contribution < 1.29 is 14.3 Å². The number of methoxy groups -OCH3 is 1. The maximum Gasteiger partial charge on any atom is 0.248 e. The van der Waals surface area contributed by atoms with Crippen LogP contribution in [0.3, 0.4) is 0 Å². The first kappa shape index (κ1) is 16.2. The second-order valence-electron chi connectivity index (χ2n) is 6.05. The van der Waals surface area contributed by atoms with E-state index in [0.717, 1.165) is 25.7 Å². The van der Waals surface area contributed by atoms with Gasteiger partial charge >= 0.3 is 0 Å². The standard InChI is InChI=1S/C15H27N3O3/c1-21-11-14(19)17-7-9-18(10-8-17)15(20)12-5-3-2-4-6-13(12)16/h12-13H,2-11,16H2,1H3. The van der Waals surface area contributed by atoms with E-state index < -0.39 is 0 Å². The van der Waals surface area contributed by atoms with Gasteiger partial charge in [0.2, 0.25) is 11.8 Å². The number of nitrogens with zero attached hydrogens (tertiary/aromatic N) is 2. The minimum Gasteiger partial charge on any atom is -0.375 e. The summed E-state index contributed by atoms with van der Waals surface area (Å²) in [5.74, 6) is 0.146. The van der Waals surface area contributed by atoms with Crippen molar-refractivity contribution in [2.45, 2.75) is 38.1 Å². The van der Waals surface area contributed by atoms with E-state index in [9.17, 15) is 9.59 Å². The van der Waals surface area contributed by atoms with E-state index in [4.69, 9.17) is 10.5 Å². The zero-order valence-electron chi connectivity index (χ0n) is 12.9. The molecule has 0 aromatic rings. The number of amides is 2. The van der Waals surface area contributed by atoms with E-state index in [1.165, 1.54) is 13.5 Å². The molecule has 1 saturated carbocycles. The Bertz CT molecular complexity index is 367. The average molecular weight is 297 g/mol. The second kappa shape index (κ2) is 7.75. The molecule has 0 bridgehead atoms. The van der Waals surface area contributed by atoms with Gasteiger partial charge < -0.3 is 20.3 Å². The summed E-state index contributed by atoms with van der Waals surface area (Å²) in [6.07, 6.45) is 5.25. The second-order valence-corrected chi connectivity index (χ2v) is 6.05. The molecule has 1 saturated heterocycles. The molecule has 6 nitrogen and oxygen atoms in total. The predicted molar refractivity (Wildman–Crippen MR) is 79.6 cm³/mol. The molecule has 21 heavy (non-hydrogen) atoms. The van der Waals surface area contributed by atoms with Gasteiger partial charge in [-0.05, 0) is 12.8 Å². The lowest BCUT2D eigenvalue weighted by Crippen LogP contribution is -2.54. The lowest BCUT2D eigenvalue weighted by atomic mass is 9.93. The van der Waals surface area contributed by atoms with Crippen LogP contribution in [0.2, 0.25) is 0 Å². The number of rotatable bonds is 3. The molecule has 2 N–H and O–H groups in total. The van der Waals surface area contributed by atoms with E-state index in [1.807, 2.05) is 4.90 Å². The van der Waals surface area contributed by atoms with Gasteiger partial charge in [0.1, 0.15) is 6.61 Å². The van der Waals surface area contributed by atoms with Gasteiger partial charge in [0.25, 0.3) is 0 Å². The highest BCUT2D eigenvalue weighted by Crippen LogP contribution is 2.24. The molecule has 2 aliphatic rings. The maximum atomic E-state index is 12.6. The van der Waals surface area contributed by atoms with E-state index in [2.05, 4.69) is 0 Å². The average Bonchev–Trinajstić information content (AvgIpc) is 2.71. The molecule has 1 aliphatic carbocycles. The van der Waals surface area contributed by atoms with Crippen molar-refractivity contribution in [2.24, 2.45) is 11.7 Å². The third-order valence-corrected chi connectivity index (χ3v) is 4.60. The molecule has 2 fully saturated rings. The van der Waals surface area contributed by atoms with Crippen molar-refractivity contribution in [3.63, 3.8) is 0 Å². The van der Waals surface area contributed by atoms with E-state index in [0.29, 0.717) is 26.2 Å². The van der Waals surface area contributed by atoms with Crippen molar-refractivity contribution in [3.05, 3.63) is 0 Å². The van der Waals surface area contributed by atoms with Crippen molar-refractivity contribution in [1.82, 2.24) is 9.80 Å². The summed E-state index contributed by atoms with van der Waals surface area (Å²) < 4.78 is 4.87. The molecule has 0 radical (unpaired) electrons. The summed E-state index contributed by atoms with van der Waals surface area (Å²) >= 11 is 0. The third-order valence-electron chi connectivity index (χ3n) is 4.60. The Balaban J connectivity index is 1.86. The van der Waals surface area contributed by atoms with Gasteiger partial charge in [-0.3, -0.25) is 9.59 Å². The van der Waals surface area contributed by atoms with Crippen LogP contribution in [-0.4, -0.2) is 67.6 Å². The van der Waals surface area contributed by atoms with Crippen LogP contribution < -0.4 is 5.73 Å². The Kier molecular flexibility index (Phi) is 5.99. The quantitative estimate of drug-likeness (QED) is 0.756. The summed E-state index contributed by atoms with van der Waals surface area (Å²) in [5.41, 5.74) is 6.17. The number of piperazine rings is 1. The van der Waals surface area contributed by atoms with Crippen molar-refractivity contribution >= 4 is 11.8 Å². The molecule has 120 valence electrons. The zero-order valence-corrected chi connectivity index (χ0v) is 12.9. The molecular formula is C15H27N3O3. The van der Waals surface area contributed by atoms with Crippen molar-refractivity contribution in [1.29, 1.82) is 0 Å². The Morgan fingerprint density at radius 3 is 2.33 bits per heavy atom. The highest BCUT2D eigenvalue weighted by Gasteiger charge is 2.32. The molecule has 6 heteroatoms. The van der Waals surface area contributed by atoms with Crippen LogP contribution in [0.5, 0.6) is 0 Å². The third kappa shape index (κ3) is 4.17. The molecule has 0 spiro atoms. The predicted octanol–water partition coefficient (Wildman–Crippen LogP) is 0.211. The number of hydrogen-bond donors (Lipinski definition) is 1. The van der Waals surface area contributed by atoms with Crippen molar-refractivity contribution in [2.75, 3.05) is 39.9 Å². The maximum absolute atomic E-state index is 12.6. The normalized spacial score (nSPS) is 27.3. The van der Waals surface area contributed by atoms with Crippen LogP contribution in [0.1, 0.15) is 32.1 Å². The fourth-order valence-electron chi connectivity index (χ4n) is 3.27. The van der Waals surface area contributed by atoms with Crippen LogP contribution in [0, 0.1) is 5.92 Å². The minimum atomic E-state index is -0.0336. The summed E-state index contributed by atoms with van der Waals surface area (Å²) in [7, 11) is 1.52. The highest BCUT2D eigenvalue weighted by atomic mass is 16.5. The van der Waals surface area contributed by atoms with Gasteiger partial charge in [0.05, 0.1) is 5.92 Å². The van der Waals surface area contributed by atoms with Crippen LogP contribution in [0.25, 0.3) is 0 Å². The van der Waals surface area contributed by atoms with E-state index in [-0.39, 0.29) is 30.4 Å². The Hall–Kier alpha value is -1.14. The van der Waals surface area contributed by atoms with Gasteiger partial charge in [-0.2, -0.15) is 0 Å². The number of nitrogens with two attached hydrogens (primary N) is 1. The molecular weight excluding hydrogens is 270 g/mol. The Labute approximate surface area is 126 Å². The molecule has 2 atom stereocenters. The summed E-state index contributed by atoms with van der Waals surface area (Å²) in [5, 5.41) is 0. The van der Waals surface area contributed by atoms with Gasteiger partial charge in [0, 0.05) is 39.3 Å². The lowest BCUT2D eigenvalue weighted by molar-refractivity contribution is -0.144. The van der Waals surface area contributed by atoms with Crippen LogP contribution >= 0.6 is 0 Å². The summed E-state index contributed by atoms with van der Waals surface area (Å²) in [4.78, 5) is 28.0. The van der Waals surface area contributed by atoms with Gasteiger partial charge in [-0.25, -0.2) is 0 Å². The largest absolute Gasteiger partial charge is 0.375 e. The first-order chi connectivity index (χ1) is 10.1. The number of ether oxygens (including phenoxy) is 1. The SMILES string of the molecule is COCC(=O)N1CCN(C(=O)C2CCCCCC2N)CC1. The first-order valence-corrected chi connectivity index (χ1v) is 7.94. The van der Waals surface area contributed by atoms with Crippen molar-refractivity contribution in [3.8, 4) is 0 Å². The number of carbonyl (C=O) groups excluding carboxylic acids is 2. The minimum absolute atomic E-state index is 0.00392. The fraction of sp³-hybridized carbons (Fsp3) is 0.867. The van der Waals surface area contributed by atoms with Crippen LogP contribution in [0.15, 0.2) is 0 Å². The van der Waals surface area contributed by atoms with Crippen LogP contribution in [0.4, 0.5) is 0 Å². The lowest BCUT2D eigenvalue weighted by Gasteiger charge is -2.37. The Morgan fingerprint density at radius 1 is 1.05 bits per heavy atom. The fourth-order valence-corrected chi connectivity index (χ4v) is 3.27.